The molecule has 0 spiro atoms. The minimum absolute atomic E-state index is 0.0569. The van der Waals surface area contributed by atoms with Gasteiger partial charge in [0.25, 0.3) is 0 Å². The van der Waals surface area contributed by atoms with Crippen LogP contribution in [0, 0.1) is 5.92 Å². The summed E-state index contributed by atoms with van der Waals surface area (Å²) in [5.41, 5.74) is 0.817. The molecule has 0 aliphatic heterocycles. The molecule has 0 radical (unpaired) electrons. The molecule has 0 fully saturated rings. The number of hydrogen-bond donors (Lipinski definition) is 0. The molecule has 1 atom stereocenters. The van der Waals surface area contributed by atoms with Crippen molar-refractivity contribution in [2.24, 2.45) is 5.92 Å². The first-order chi connectivity index (χ1) is 11.3. The number of hydrogen-bond acceptors (Lipinski definition) is 4. The van der Waals surface area contributed by atoms with Crippen molar-refractivity contribution >= 4 is 25.1 Å². The fraction of sp³-hybridized carbons (Fsp3) is 0.421. The SMILES string of the molecule is C=BCC=C.C=CCOCC(COC(=O)C(=C)C)CC(=O)C(=C)C. The Balaban J connectivity index is 0. The number of allylic oxidation sites excluding steroid dienone is 2. The normalized spacial score (nSPS) is 10.2. The van der Waals surface area contributed by atoms with E-state index in [9.17, 15) is 9.59 Å². The van der Waals surface area contributed by atoms with Crippen LogP contribution in [0.5, 0.6) is 0 Å². The number of ketones is 1. The second-order valence-electron chi connectivity index (χ2n) is 5.29. The summed E-state index contributed by atoms with van der Waals surface area (Å²) in [6, 6.07) is 0. The average molecular weight is 332 g/mol. The fourth-order valence-corrected chi connectivity index (χ4v) is 1.36. The van der Waals surface area contributed by atoms with Gasteiger partial charge in [-0.1, -0.05) is 19.2 Å². The van der Waals surface area contributed by atoms with Crippen molar-refractivity contribution in [3.8, 4) is 0 Å². The molecule has 0 aromatic rings. The van der Waals surface area contributed by atoms with E-state index in [4.69, 9.17) is 9.47 Å². The maximum Gasteiger partial charge on any atom is 0.333 e. The summed E-state index contributed by atoms with van der Waals surface area (Å²) < 4.78 is 10.4. The zero-order valence-electron chi connectivity index (χ0n) is 15.0. The topological polar surface area (TPSA) is 52.6 Å². The number of ether oxygens (including phenoxy) is 2. The second-order valence-corrected chi connectivity index (χ2v) is 5.29. The van der Waals surface area contributed by atoms with Gasteiger partial charge in [0, 0.05) is 17.9 Å². The Morgan fingerprint density at radius 2 is 1.71 bits per heavy atom. The van der Waals surface area contributed by atoms with E-state index in [1.807, 2.05) is 13.0 Å². The molecule has 0 aromatic carbocycles. The minimum atomic E-state index is -0.462. The number of Topliss-reactive ketones (excluding diaryl/α,β-unsaturated/α-hetero) is 1. The molecule has 0 aromatic heterocycles. The van der Waals surface area contributed by atoms with Crippen LogP contribution in [0.3, 0.4) is 0 Å². The predicted octanol–water partition coefficient (Wildman–Crippen LogP) is 3.19. The van der Waals surface area contributed by atoms with E-state index in [2.05, 4.69) is 32.8 Å². The summed E-state index contributed by atoms with van der Waals surface area (Å²) >= 11 is 0. The summed E-state index contributed by atoms with van der Waals surface area (Å²) in [6.07, 6.45) is 4.60. The minimum Gasteiger partial charge on any atom is -0.462 e. The largest absolute Gasteiger partial charge is 0.462 e. The van der Waals surface area contributed by atoms with Crippen molar-refractivity contribution in [3.05, 3.63) is 49.6 Å². The molecule has 0 saturated carbocycles. The molecule has 0 aliphatic rings. The maximum atomic E-state index is 11.6. The van der Waals surface area contributed by atoms with E-state index in [-0.39, 0.29) is 24.7 Å². The van der Waals surface area contributed by atoms with Gasteiger partial charge in [-0.25, -0.2) is 4.79 Å². The molecule has 0 saturated heterocycles. The van der Waals surface area contributed by atoms with Crippen molar-refractivity contribution in [3.63, 3.8) is 0 Å². The van der Waals surface area contributed by atoms with Gasteiger partial charge in [-0.2, -0.15) is 0 Å². The molecule has 4 nitrogen and oxygen atoms in total. The first-order valence-corrected chi connectivity index (χ1v) is 7.71. The zero-order valence-corrected chi connectivity index (χ0v) is 15.0. The van der Waals surface area contributed by atoms with Crippen LogP contribution < -0.4 is 0 Å². The van der Waals surface area contributed by atoms with Crippen LogP contribution in [-0.4, -0.2) is 45.0 Å². The van der Waals surface area contributed by atoms with Crippen LogP contribution in [0.1, 0.15) is 20.3 Å². The quantitative estimate of drug-likeness (QED) is 0.181. The Hall–Kier alpha value is -2.01. The van der Waals surface area contributed by atoms with Gasteiger partial charge in [-0.05, 0) is 19.4 Å². The van der Waals surface area contributed by atoms with E-state index in [0.717, 1.165) is 6.32 Å². The van der Waals surface area contributed by atoms with Crippen LogP contribution in [0.15, 0.2) is 49.6 Å². The standard InChI is InChI=1S/C15H22O4.C4H7B/c1-6-7-18-9-13(8-14(16)11(2)3)10-19-15(17)12(4)5;1-3-4-5-2/h6,13H,1-2,4,7-10H2,3,5H3;3H,1-2,4H2. The molecule has 132 valence electrons. The molecule has 24 heavy (non-hydrogen) atoms. The first-order valence-electron chi connectivity index (χ1n) is 7.71. The summed E-state index contributed by atoms with van der Waals surface area (Å²) in [5.74, 6) is -0.706. The molecule has 0 heterocycles. The Morgan fingerprint density at radius 1 is 1.08 bits per heavy atom. The van der Waals surface area contributed by atoms with Crippen molar-refractivity contribution in [2.45, 2.75) is 26.6 Å². The van der Waals surface area contributed by atoms with Crippen molar-refractivity contribution in [1.29, 1.82) is 0 Å². The molecule has 0 N–H and O–H groups in total. The molecule has 0 rings (SSSR count). The van der Waals surface area contributed by atoms with Crippen LogP contribution >= 0.6 is 0 Å². The number of rotatable bonds is 12. The Labute approximate surface area is 146 Å². The maximum absolute atomic E-state index is 11.6. The molecular weight excluding hydrogens is 303 g/mol. The summed E-state index contributed by atoms with van der Waals surface area (Å²) in [5, 5.41) is 0. The van der Waals surface area contributed by atoms with Crippen LogP contribution in [0.2, 0.25) is 6.32 Å². The van der Waals surface area contributed by atoms with Crippen LogP contribution in [-0.2, 0) is 19.1 Å². The van der Waals surface area contributed by atoms with Gasteiger partial charge < -0.3 is 9.47 Å². The summed E-state index contributed by atoms with van der Waals surface area (Å²) in [4.78, 5) is 22.9. The smallest absolute Gasteiger partial charge is 0.333 e. The fourth-order valence-electron chi connectivity index (χ4n) is 1.36. The van der Waals surface area contributed by atoms with Gasteiger partial charge in [0.2, 0.25) is 0 Å². The van der Waals surface area contributed by atoms with Gasteiger partial charge >= 0.3 is 38.3 Å². The third-order valence-electron chi connectivity index (χ3n) is 2.67. The van der Waals surface area contributed by atoms with Crippen molar-refractivity contribution in [2.75, 3.05) is 19.8 Å². The molecule has 0 bridgehead atoms. The Morgan fingerprint density at radius 3 is 2.08 bits per heavy atom. The van der Waals surface area contributed by atoms with E-state index < -0.39 is 5.97 Å². The van der Waals surface area contributed by atoms with Gasteiger partial charge in [0.15, 0.2) is 5.78 Å². The van der Waals surface area contributed by atoms with Gasteiger partial charge in [0.1, 0.15) is 0 Å². The van der Waals surface area contributed by atoms with E-state index >= 15 is 0 Å². The Bertz CT molecular complexity index is 460. The van der Waals surface area contributed by atoms with E-state index in [1.165, 1.54) is 0 Å². The van der Waals surface area contributed by atoms with Crippen LogP contribution in [0.25, 0.3) is 0 Å². The Kier molecular flexibility index (Phi) is 16.0. The molecule has 0 amide bonds. The van der Waals surface area contributed by atoms with Gasteiger partial charge in [0.05, 0.1) is 19.8 Å². The second kappa shape index (κ2) is 15.9. The van der Waals surface area contributed by atoms with Crippen molar-refractivity contribution in [1.82, 2.24) is 0 Å². The molecular formula is C19H29BO4. The van der Waals surface area contributed by atoms with Gasteiger partial charge in [-0.15, -0.1) is 6.58 Å². The van der Waals surface area contributed by atoms with Crippen LogP contribution in [0.4, 0.5) is 0 Å². The summed E-state index contributed by atoms with van der Waals surface area (Å²) in [6.45, 7) is 23.5. The zero-order chi connectivity index (χ0) is 19.0. The third-order valence-corrected chi connectivity index (χ3v) is 2.67. The predicted molar refractivity (Wildman–Crippen MR) is 103 cm³/mol. The number of carbonyl (C=O) groups excluding carboxylic acids is 2. The first kappa shape index (κ1) is 24.3. The van der Waals surface area contributed by atoms with E-state index in [1.54, 1.807) is 19.9 Å². The van der Waals surface area contributed by atoms with E-state index in [0.29, 0.717) is 24.4 Å². The number of esters is 1. The number of carbonyl (C=O) groups is 2. The third kappa shape index (κ3) is 14.9. The molecule has 1 unspecified atom stereocenters. The van der Waals surface area contributed by atoms with Crippen molar-refractivity contribution < 1.29 is 19.1 Å². The molecule has 0 aliphatic carbocycles. The monoisotopic (exact) mass is 332 g/mol. The average Bonchev–Trinajstić information content (AvgIpc) is 2.53. The molecule has 5 heteroatoms. The van der Waals surface area contributed by atoms with Gasteiger partial charge in [-0.3, -0.25) is 4.79 Å². The summed E-state index contributed by atoms with van der Waals surface area (Å²) in [7, 11) is 0.